The quantitative estimate of drug-likeness (QED) is 0.405. The molecule has 0 amide bonds. The summed E-state index contributed by atoms with van der Waals surface area (Å²) in [4.78, 5) is 5.14. The van der Waals surface area contributed by atoms with E-state index in [-0.39, 0.29) is 0 Å². The third kappa shape index (κ3) is 6.78. The second-order valence-corrected chi connectivity index (χ2v) is 9.24. The van der Waals surface area contributed by atoms with Crippen molar-refractivity contribution in [2.75, 3.05) is 59.6 Å². The van der Waals surface area contributed by atoms with Crippen LogP contribution in [0, 0.1) is 0 Å². The molecule has 166 valence electrons. The molecule has 0 N–H and O–H groups in total. The van der Waals surface area contributed by atoms with Gasteiger partial charge in [-0.25, -0.2) is 0 Å². The summed E-state index contributed by atoms with van der Waals surface area (Å²) in [5.74, 6) is 0.934. The molecule has 1 saturated heterocycles. The summed E-state index contributed by atoms with van der Waals surface area (Å²) >= 11 is 1.80. The van der Waals surface area contributed by atoms with E-state index in [1.165, 1.54) is 47.3 Å². The topological polar surface area (TPSA) is 24.9 Å². The lowest BCUT2D eigenvalue weighted by Gasteiger charge is -2.34. The average Bonchev–Trinajstić information content (AvgIpc) is 3.28. The van der Waals surface area contributed by atoms with E-state index >= 15 is 0 Å². The molecule has 0 aliphatic carbocycles. The molecule has 1 aliphatic rings. The molecular weight excluding hydrogens is 404 g/mol. The van der Waals surface area contributed by atoms with E-state index in [1.807, 2.05) is 0 Å². The fourth-order valence-electron chi connectivity index (χ4n) is 4.19. The smallest absolute Gasteiger partial charge is 0.118 e. The van der Waals surface area contributed by atoms with Gasteiger partial charge in [-0.3, -0.25) is 4.90 Å². The molecule has 3 aromatic rings. The minimum atomic E-state index is 0.807. The first-order valence-electron chi connectivity index (χ1n) is 11.4. The van der Waals surface area contributed by atoms with Gasteiger partial charge in [0.1, 0.15) is 5.75 Å². The highest BCUT2D eigenvalue weighted by Gasteiger charge is 2.16. The van der Waals surface area contributed by atoms with Crippen molar-refractivity contribution in [3.05, 3.63) is 65.0 Å². The van der Waals surface area contributed by atoms with Crippen LogP contribution < -0.4 is 4.74 Å². The van der Waals surface area contributed by atoms with Crippen LogP contribution in [0.15, 0.2) is 53.9 Å². The van der Waals surface area contributed by atoms with Crippen LogP contribution in [0.1, 0.15) is 17.5 Å². The first kappa shape index (κ1) is 22.3. The highest BCUT2D eigenvalue weighted by Crippen LogP contribution is 2.22. The summed E-state index contributed by atoms with van der Waals surface area (Å²) < 4.78 is 12.5. The van der Waals surface area contributed by atoms with E-state index in [9.17, 15) is 0 Å². The largest absolute Gasteiger partial charge is 0.497 e. The summed E-state index contributed by atoms with van der Waals surface area (Å²) in [6, 6.07) is 17.4. The molecule has 1 fully saturated rings. The van der Waals surface area contributed by atoms with Crippen molar-refractivity contribution < 1.29 is 9.47 Å². The van der Waals surface area contributed by atoms with E-state index in [0.29, 0.717) is 0 Å². The van der Waals surface area contributed by atoms with Crippen LogP contribution in [0.25, 0.3) is 10.1 Å². The van der Waals surface area contributed by atoms with Gasteiger partial charge in [-0.05, 0) is 72.0 Å². The fourth-order valence-corrected chi connectivity index (χ4v) is 4.96. The lowest BCUT2D eigenvalue weighted by atomic mass is 10.1. The molecule has 31 heavy (non-hydrogen) atoms. The number of thiophene rings is 1. The molecule has 0 spiro atoms. The molecule has 2 heterocycles. The van der Waals surface area contributed by atoms with Gasteiger partial charge in [0, 0.05) is 37.4 Å². The maximum Gasteiger partial charge on any atom is 0.118 e. The number of ether oxygens (including phenoxy) is 2. The van der Waals surface area contributed by atoms with Gasteiger partial charge < -0.3 is 14.4 Å². The third-order valence-electron chi connectivity index (χ3n) is 6.17. The zero-order valence-corrected chi connectivity index (χ0v) is 19.4. The number of hydrogen-bond donors (Lipinski definition) is 0. The molecule has 1 aromatic heterocycles. The zero-order chi connectivity index (χ0) is 21.3. The van der Waals surface area contributed by atoms with Crippen LogP contribution in [0.5, 0.6) is 5.75 Å². The predicted octanol–water partition coefficient (Wildman–Crippen LogP) is 4.72. The summed E-state index contributed by atoms with van der Waals surface area (Å²) in [5, 5.41) is 3.51. The standard InChI is InChI=1S/C26H34N2O2S/c1-29-25-7-4-22(5-8-25)3-2-12-27-13-15-28(16-14-27)17-19-30-18-10-23-6-9-26-24(21-23)11-20-31-26/h4-9,11,20-21H,2-3,10,12-19H2,1H3. The molecule has 0 atom stereocenters. The number of benzene rings is 2. The SMILES string of the molecule is COc1ccc(CCCN2CCN(CCOCCc3ccc4sccc4c3)CC2)cc1. The molecule has 0 unspecified atom stereocenters. The van der Waals surface area contributed by atoms with Crippen LogP contribution in [0.2, 0.25) is 0 Å². The molecule has 0 bridgehead atoms. The first-order valence-corrected chi connectivity index (χ1v) is 12.3. The average molecular weight is 439 g/mol. The fraction of sp³-hybridized carbons (Fsp3) is 0.462. The van der Waals surface area contributed by atoms with Gasteiger partial charge in [-0.15, -0.1) is 11.3 Å². The minimum absolute atomic E-state index is 0.807. The van der Waals surface area contributed by atoms with Crippen LogP contribution in [-0.4, -0.2) is 69.4 Å². The van der Waals surface area contributed by atoms with Gasteiger partial charge in [-0.2, -0.15) is 0 Å². The van der Waals surface area contributed by atoms with Crippen molar-refractivity contribution in [3.8, 4) is 5.75 Å². The summed E-state index contributed by atoms with van der Waals surface area (Å²) in [6.45, 7) is 8.52. The summed E-state index contributed by atoms with van der Waals surface area (Å²) in [6.07, 6.45) is 3.35. The van der Waals surface area contributed by atoms with Crippen LogP contribution in [0.4, 0.5) is 0 Å². The van der Waals surface area contributed by atoms with Crippen molar-refractivity contribution in [3.63, 3.8) is 0 Å². The van der Waals surface area contributed by atoms with Crippen molar-refractivity contribution in [1.29, 1.82) is 0 Å². The maximum absolute atomic E-state index is 5.93. The van der Waals surface area contributed by atoms with Crippen LogP contribution in [-0.2, 0) is 17.6 Å². The Morgan fingerprint density at radius 2 is 1.55 bits per heavy atom. The van der Waals surface area contributed by atoms with E-state index < -0.39 is 0 Å². The molecule has 0 saturated carbocycles. The number of piperazine rings is 1. The molecule has 0 radical (unpaired) electrons. The summed E-state index contributed by atoms with van der Waals surface area (Å²) in [7, 11) is 1.72. The Bertz CT molecular complexity index is 917. The van der Waals surface area contributed by atoms with Crippen molar-refractivity contribution in [2.45, 2.75) is 19.3 Å². The van der Waals surface area contributed by atoms with Gasteiger partial charge in [0.2, 0.25) is 0 Å². The Labute approximate surface area is 190 Å². The molecule has 4 rings (SSSR count). The number of hydrogen-bond acceptors (Lipinski definition) is 5. The Hall–Kier alpha value is -1.92. The first-order chi connectivity index (χ1) is 15.3. The molecule has 1 aliphatic heterocycles. The van der Waals surface area contributed by atoms with E-state index in [2.05, 4.69) is 63.7 Å². The molecular formula is C26H34N2O2S. The number of aryl methyl sites for hydroxylation is 1. The van der Waals surface area contributed by atoms with E-state index in [1.54, 1.807) is 18.4 Å². The molecule has 5 heteroatoms. The second-order valence-electron chi connectivity index (χ2n) is 8.29. The number of rotatable bonds is 11. The summed E-state index contributed by atoms with van der Waals surface area (Å²) in [5.41, 5.74) is 2.76. The molecule has 4 nitrogen and oxygen atoms in total. The van der Waals surface area contributed by atoms with Crippen LogP contribution in [0.3, 0.4) is 0 Å². The Kier molecular flexibility index (Phi) is 8.36. The Morgan fingerprint density at radius 1 is 0.806 bits per heavy atom. The zero-order valence-electron chi connectivity index (χ0n) is 18.6. The molecule has 2 aromatic carbocycles. The number of methoxy groups -OCH3 is 1. The van der Waals surface area contributed by atoms with Gasteiger partial charge in [0.15, 0.2) is 0 Å². The van der Waals surface area contributed by atoms with Crippen molar-refractivity contribution in [2.24, 2.45) is 0 Å². The monoisotopic (exact) mass is 438 g/mol. The normalized spacial score (nSPS) is 15.5. The Morgan fingerprint density at radius 3 is 2.32 bits per heavy atom. The lowest BCUT2D eigenvalue weighted by molar-refractivity contribution is 0.0765. The Balaban J connectivity index is 1.05. The highest BCUT2D eigenvalue weighted by molar-refractivity contribution is 7.17. The number of fused-ring (bicyclic) bond motifs is 1. The van der Waals surface area contributed by atoms with Crippen molar-refractivity contribution >= 4 is 21.4 Å². The predicted molar refractivity (Wildman–Crippen MR) is 131 cm³/mol. The lowest BCUT2D eigenvalue weighted by Crippen LogP contribution is -2.47. The van der Waals surface area contributed by atoms with E-state index in [0.717, 1.165) is 51.4 Å². The van der Waals surface area contributed by atoms with Gasteiger partial charge in [0.25, 0.3) is 0 Å². The van der Waals surface area contributed by atoms with Gasteiger partial charge in [0.05, 0.1) is 20.3 Å². The second kappa shape index (κ2) is 11.6. The maximum atomic E-state index is 5.93. The van der Waals surface area contributed by atoms with Crippen LogP contribution >= 0.6 is 11.3 Å². The third-order valence-corrected chi connectivity index (χ3v) is 7.07. The van der Waals surface area contributed by atoms with Gasteiger partial charge >= 0.3 is 0 Å². The van der Waals surface area contributed by atoms with E-state index in [4.69, 9.17) is 9.47 Å². The van der Waals surface area contributed by atoms with Crippen molar-refractivity contribution in [1.82, 2.24) is 9.80 Å². The number of nitrogens with zero attached hydrogens (tertiary/aromatic N) is 2. The minimum Gasteiger partial charge on any atom is -0.497 e. The van der Waals surface area contributed by atoms with Gasteiger partial charge in [-0.1, -0.05) is 24.3 Å². The highest BCUT2D eigenvalue weighted by atomic mass is 32.1.